The quantitative estimate of drug-likeness (QED) is 0.515. The topological polar surface area (TPSA) is 56.7 Å². The normalized spacial score (nSPS) is 14.9. The Balaban J connectivity index is 1.54. The second kappa shape index (κ2) is 9.74. The van der Waals surface area contributed by atoms with Crippen molar-refractivity contribution in [1.82, 2.24) is 15.5 Å². The van der Waals surface area contributed by atoms with Gasteiger partial charge in [0.15, 0.2) is 5.96 Å². The van der Waals surface area contributed by atoms with E-state index >= 15 is 0 Å². The largest absolute Gasteiger partial charge is 0.356 e. The number of hydrogen-bond acceptors (Lipinski definition) is 2. The Morgan fingerprint density at radius 2 is 1.73 bits per heavy atom. The van der Waals surface area contributed by atoms with E-state index in [2.05, 4.69) is 15.6 Å². The Morgan fingerprint density at radius 3 is 2.30 bits per heavy atom. The molecule has 6 heteroatoms. The van der Waals surface area contributed by atoms with Gasteiger partial charge in [-0.1, -0.05) is 30.3 Å². The predicted molar refractivity (Wildman–Crippen MR) is 119 cm³/mol. The number of benzene rings is 2. The summed E-state index contributed by atoms with van der Waals surface area (Å²) < 4.78 is 14.2. The first-order valence-electron chi connectivity index (χ1n) is 10.6. The molecular weight excluding hydrogens is 379 g/mol. The summed E-state index contributed by atoms with van der Waals surface area (Å²) in [7, 11) is 1.73. The molecule has 0 aliphatic heterocycles. The van der Waals surface area contributed by atoms with E-state index in [1.807, 2.05) is 55.1 Å². The zero-order chi connectivity index (χ0) is 21.6. The summed E-state index contributed by atoms with van der Waals surface area (Å²) in [4.78, 5) is 18.5. The van der Waals surface area contributed by atoms with E-state index in [-0.39, 0.29) is 17.1 Å². The lowest BCUT2D eigenvalue weighted by molar-refractivity contribution is 0.0773. The van der Waals surface area contributed by atoms with Crippen LogP contribution in [-0.4, -0.2) is 43.4 Å². The van der Waals surface area contributed by atoms with Crippen molar-refractivity contribution in [3.05, 3.63) is 71.0 Å². The van der Waals surface area contributed by atoms with Gasteiger partial charge in [0, 0.05) is 44.2 Å². The maximum Gasteiger partial charge on any atom is 0.253 e. The second-order valence-corrected chi connectivity index (χ2v) is 7.71. The van der Waals surface area contributed by atoms with Gasteiger partial charge in [-0.3, -0.25) is 9.79 Å². The van der Waals surface area contributed by atoms with Gasteiger partial charge in [0.1, 0.15) is 5.82 Å². The zero-order valence-corrected chi connectivity index (χ0v) is 18.0. The molecular formula is C24H31FN4O. The van der Waals surface area contributed by atoms with E-state index in [4.69, 9.17) is 0 Å². The van der Waals surface area contributed by atoms with E-state index in [1.54, 1.807) is 13.1 Å². The molecule has 0 heterocycles. The van der Waals surface area contributed by atoms with Gasteiger partial charge in [-0.15, -0.1) is 0 Å². The van der Waals surface area contributed by atoms with Crippen molar-refractivity contribution in [1.29, 1.82) is 0 Å². The van der Waals surface area contributed by atoms with Crippen molar-refractivity contribution in [2.24, 2.45) is 4.99 Å². The van der Waals surface area contributed by atoms with Crippen molar-refractivity contribution in [2.75, 3.05) is 26.7 Å². The summed E-state index contributed by atoms with van der Waals surface area (Å²) in [6, 6.07) is 14.7. The van der Waals surface area contributed by atoms with E-state index < -0.39 is 0 Å². The standard InChI is InChI=1S/C24H31FN4O/c1-4-29(5-2)22(30)19-12-10-18(11-13-19)16-27-23(26-3)28-17-24(14-15-24)20-8-6-7-9-21(20)25/h6-13H,4-5,14-17H2,1-3H3,(H2,26,27,28). The highest BCUT2D eigenvalue weighted by atomic mass is 19.1. The van der Waals surface area contributed by atoms with Gasteiger partial charge in [-0.2, -0.15) is 0 Å². The Labute approximate surface area is 178 Å². The molecule has 2 N–H and O–H groups in total. The molecule has 0 unspecified atom stereocenters. The van der Waals surface area contributed by atoms with Gasteiger partial charge in [-0.25, -0.2) is 4.39 Å². The number of aliphatic imine (C=N–C) groups is 1. The molecule has 5 nitrogen and oxygen atoms in total. The number of guanidine groups is 1. The third kappa shape index (κ3) is 4.99. The highest BCUT2D eigenvalue weighted by Gasteiger charge is 2.45. The van der Waals surface area contributed by atoms with Crippen LogP contribution in [0.5, 0.6) is 0 Å². The van der Waals surface area contributed by atoms with Crippen LogP contribution in [0.15, 0.2) is 53.5 Å². The lowest BCUT2D eigenvalue weighted by Gasteiger charge is -2.20. The summed E-state index contributed by atoms with van der Waals surface area (Å²) in [5, 5.41) is 6.64. The molecule has 0 radical (unpaired) electrons. The molecule has 0 spiro atoms. The van der Waals surface area contributed by atoms with E-state index in [1.165, 1.54) is 6.07 Å². The monoisotopic (exact) mass is 410 g/mol. The number of carbonyl (C=O) groups excluding carboxylic acids is 1. The number of hydrogen-bond donors (Lipinski definition) is 2. The highest BCUT2D eigenvalue weighted by molar-refractivity contribution is 5.94. The maximum absolute atomic E-state index is 14.2. The summed E-state index contributed by atoms with van der Waals surface area (Å²) in [6.07, 6.45) is 1.94. The summed E-state index contributed by atoms with van der Waals surface area (Å²) in [6.45, 7) is 6.60. The molecule has 0 saturated heterocycles. The first kappa shape index (κ1) is 21.8. The smallest absolute Gasteiger partial charge is 0.253 e. The Hall–Kier alpha value is -2.89. The number of amides is 1. The first-order valence-corrected chi connectivity index (χ1v) is 10.6. The lowest BCUT2D eigenvalue weighted by atomic mass is 9.95. The van der Waals surface area contributed by atoms with Gasteiger partial charge in [-0.05, 0) is 56.0 Å². The molecule has 1 amide bonds. The van der Waals surface area contributed by atoms with E-state index in [0.29, 0.717) is 37.7 Å². The van der Waals surface area contributed by atoms with Crippen LogP contribution in [0.1, 0.15) is 48.2 Å². The van der Waals surface area contributed by atoms with Crippen LogP contribution >= 0.6 is 0 Å². The Morgan fingerprint density at radius 1 is 1.07 bits per heavy atom. The fraction of sp³-hybridized carbons (Fsp3) is 0.417. The minimum absolute atomic E-state index is 0.0554. The van der Waals surface area contributed by atoms with E-state index in [9.17, 15) is 9.18 Å². The molecule has 0 atom stereocenters. The maximum atomic E-state index is 14.2. The summed E-state index contributed by atoms with van der Waals surface area (Å²) in [5.74, 6) is 0.597. The fourth-order valence-electron chi connectivity index (χ4n) is 3.70. The molecule has 1 aliphatic rings. The average molecular weight is 411 g/mol. The molecule has 3 rings (SSSR count). The van der Waals surface area contributed by atoms with Crippen molar-refractivity contribution in [3.63, 3.8) is 0 Å². The molecule has 0 aromatic heterocycles. The third-order valence-corrected chi connectivity index (χ3v) is 5.83. The van der Waals surface area contributed by atoms with E-state index in [0.717, 1.165) is 24.0 Å². The van der Waals surface area contributed by atoms with Crippen molar-refractivity contribution in [2.45, 2.75) is 38.6 Å². The van der Waals surface area contributed by atoms with Gasteiger partial charge in [0.2, 0.25) is 0 Å². The molecule has 160 valence electrons. The van der Waals surface area contributed by atoms with Crippen LogP contribution in [0.4, 0.5) is 4.39 Å². The molecule has 2 aromatic carbocycles. The van der Waals surface area contributed by atoms with Gasteiger partial charge in [0.05, 0.1) is 0 Å². The molecule has 1 aliphatic carbocycles. The SMILES string of the molecule is CCN(CC)C(=O)c1ccc(CNC(=NC)NCC2(c3ccccc3F)CC2)cc1. The molecule has 1 saturated carbocycles. The second-order valence-electron chi connectivity index (χ2n) is 7.71. The number of nitrogens with one attached hydrogen (secondary N) is 2. The molecule has 30 heavy (non-hydrogen) atoms. The average Bonchev–Trinajstić information content (AvgIpc) is 3.56. The van der Waals surface area contributed by atoms with Gasteiger partial charge in [0.25, 0.3) is 5.91 Å². The van der Waals surface area contributed by atoms with Crippen LogP contribution in [0.25, 0.3) is 0 Å². The Bertz CT molecular complexity index is 886. The summed E-state index contributed by atoms with van der Waals surface area (Å²) >= 11 is 0. The first-order chi connectivity index (χ1) is 14.5. The number of nitrogens with zero attached hydrogens (tertiary/aromatic N) is 2. The van der Waals surface area contributed by atoms with Crippen molar-refractivity contribution in [3.8, 4) is 0 Å². The van der Waals surface area contributed by atoms with Crippen LogP contribution < -0.4 is 10.6 Å². The van der Waals surface area contributed by atoms with Crippen LogP contribution in [-0.2, 0) is 12.0 Å². The van der Waals surface area contributed by atoms with Gasteiger partial charge < -0.3 is 15.5 Å². The highest BCUT2D eigenvalue weighted by Crippen LogP contribution is 2.48. The fourth-order valence-corrected chi connectivity index (χ4v) is 3.70. The van der Waals surface area contributed by atoms with Crippen LogP contribution in [0.3, 0.4) is 0 Å². The predicted octanol–water partition coefficient (Wildman–Crippen LogP) is 3.70. The minimum Gasteiger partial charge on any atom is -0.356 e. The zero-order valence-electron chi connectivity index (χ0n) is 18.0. The number of carbonyl (C=O) groups is 1. The van der Waals surface area contributed by atoms with Crippen molar-refractivity contribution >= 4 is 11.9 Å². The minimum atomic E-state index is -0.143. The third-order valence-electron chi connectivity index (χ3n) is 5.83. The molecule has 2 aromatic rings. The molecule has 1 fully saturated rings. The number of rotatable bonds is 8. The molecule has 0 bridgehead atoms. The Kier molecular flexibility index (Phi) is 7.08. The van der Waals surface area contributed by atoms with Crippen LogP contribution in [0.2, 0.25) is 0 Å². The van der Waals surface area contributed by atoms with Gasteiger partial charge >= 0.3 is 0 Å². The number of halogens is 1. The summed E-state index contributed by atoms with van der Waals surface area (Å²) in [5.41, 5.74) is 2.39. The van der Waals surface area contributed by atoms with Crippen LogP contribution in [0, 0.1) is 5.82 Å². The lowest BCUT2D eigenvalue weighted by Crippen LogP contribution is -2.41. The van der Waals surface area contributed by atoms with Crippen molar-refractivity contribution < 1.29 is 9.18 Å².